The molecule has 3 aromatic carbocycles. The quantitative estimate of drug-likeness (QED) is 0.556. The SMILES string of the molecule is CC(C)c1ccc(OC(C)(Cc2ccccc2-c2ccccc2)C(=O)O)cc1. The van der Waals surface area contributed by atoms with Crippen molar-refractivity contribution in [2.24, 2.45) is 0 Å². The highest BCUT2D eigenvalue weighted by molar-refractivity contribution is 5.79. The zero-order valence-corrected chi connectivity index (χ0v) is 16.6. The van der Waals surface area contributed by atoms with Crippen molar-refractivity contribution in [3.8, 4) is 16.9 Å². The van der Waals surface area contributed by atoms with Gasteiger partial charge in [-0.2, -0.15) is 0 Å². The Bertz CT molecular complexity index is 930. The lowest BCUT2D eigenvalue weighted by Gasteiger charge is -2.27. The number of ether oxygens (including phenoxy) is 1. The molecule has 3 nitrogen and oxygen atoms in total. The molecule has 3 aromatic rings. The molecular formula is C25H26O3. The first-order valence-corrected chi connectivity index (χ1v) is 9.55. The Balaban J connectivity index is 1.90. The molecule has 1 N–H and O–H groups in total. The maximum absolute atomic E-state index is 12.1. The maximum atomic E-state index is 12.1. The molecule has 28 heavy (non-hydrogen) atoms. The van der Waals surface area contributed by atoms with Crippen molar-refractivity contribution in [1.82, 2.24) is 0 Å². The predicted octanol–water partition coefficient (Wildman–Crippen LogP) is 5.94. The number of carboxylic acids is 1. The van der Waals surface area contributed by atoms with Crippen molar-refractivity contribution < 1.29 is 14.6 Å². The second kappa shape index (κ2) is 8.30. The van der Waals surface area contributed by atoms with E-state index in [1.165, 1.54) is 5.56 Å². The highest BCUT2D eigenvalue weighted by atomic mass is 16.5. The number of benzene rings is 3. The Labute approximate surface area is 166 Å². The Morgan fingerprint density at radius 1 is 0.929 bits per heavy atom. The second-order valence-corrected chi connectivity index (χ2v) is 7.56. The van der Waals surface area contributed by atoms with Crippen LogP contribution in [-0.2, 0) is 11.2 Å². The largest absolute Gasteiger partial charge is 0.478 e. The van der Waals surface area contributed by atoms with Crippen molar-refractivity contribution in [3.05, 3.63) is 90.0 Å². The minimum Gasteiger partial charge on any atom is -0.478 e. The van der Waals surface area contributed by atoms with E-state index in [1.54, 1.807) is 6.92 Å². The summed E-state index contributed by atoms with van der Waals surface area (Å²) in [6.45, 7) is 5.88. The average molecular weight is 374 g/mol. The molecule has 0 aliphatic heterocycles. The van der Waals surface area contributed by atoms with Crippen LogP contribution < -0.4 is 4.74 Å². The fraction of sp³-hybridized carbons (Fsp3) is 0.240. The summed E-state index contributed by atoms with van der Waals surface area (Å²) >= 11 is 0. The van der Waals surface area contributed by atoms with Crippen molar-refractivity contribution >= 4 is 5.97 Å². The average Bonchev–Trinajstić information content (AvgIpc) is 2.69. The van der Waals surface area contributed by atoms with Crippen LogP contribution in [0, 0.1) is 0 Å². The number of carbonyl (C=O) groups is 1. The summed E-state index contributed by atoms with van der Waals surface area (Å²) in [6, 6.07) is 25.5. The monoisotopic (exact) mass is 374 g/mol. The van der Waals surface area contributed by atoms with Gasteiger partial charge in [-0.15, -0.1) is 0 Å². The fourth-order valence-electron chi connectivity index (χ4n) is 3.27. The third-order valence-electron chi connectivity index (χ3n) is 4.97. The summed E-state index contributed by atoms with van der Waals surface area (Å²) in [6.07, 6.45) is 0.263. The minimum atomic E-state index is -1.37. The highest BCUT2D eigenvalue weighted by Gasteiger charge is 2.36. The zero-order chi connectivity index (χ0) is 20.1. The summed E-state index contributed by atoms with van der Waals surface area (Å²) in [4.78, 5) is 12.1. The number of rotatable bonds is 7. The van der Waals surface area contributed by atoms with Gasteiger partial charge in [0.2, 0.25) is 5.60 Å². The molecule has 0 aliphatic carbocycles. The summed E-state index contributed by atoms with van der Waals surface area (Å²) in [7, 11) is 0. The Morgan fingerprint density at radius 3 is 2.14 bits per heavy atom. The lowest BCUT2D eigenvalue weighted by atomic mass is 9.90. The molecule has 0 fully saturated rings. The van der Waals surface area contributed by atoms with E-state index in [0.717, 1.165) is 16.7 Å². The Kier molecular flexibility index (Phi) is 5.84. The zero-order valence-electron chi connectivity index (χ0n) is 16.6. The number of carboxylic acid groups (broad SMARTS) is 1. The Hall–Kier alpha value is -3.07. The molecule has 0 radical (unpaired) electrons. The van der Waals surface area contributed by atoms with Crippen LogP contribution in [0.4, 0.5) is 0 Å². The van der Waals surface area contributed by atoms with Gasteiger partial charge in [-0.25, -0.2) is 4.79 Å². The number of hydrogen-bond acceptors (Lipinski definition) is 2. The predicted molar refractivity (Wildman–Crippen MR) is 113 cm³/mol. The first-order chi connectivity index (χ1) is 13.4. The molecule has 0 heterocycles. The second-order valence-electron chi connectivity index (χ2n) is 7.56. The lowest BCUT2D eigenvalue weighted by Crippen LogP contribution is -2.43. The van der Waals surface area contributed by atoms with Crippen LogP contribution in [-0.4, -0.2) is 16.7 Å². The molecule has 1 unspecified atom stereocenters. The first kappa shape index (κ1) is 19.7. The number of hydrogen-bond donors (Lipinski definition) is 1. The van der Waals surface area contributed by atoms with Crippen molar-refractivity contribution in [2.45, 2.75) is 38.7 Å². The third-order valence-corrected chi connectivity index (χ3v) is 4.97. The molecule has 0 aliphatic rings. The Morgan fingerprint density at radius 2 is 1.54 bits per heavy atom. The van der Waals surface area contributed by atoms with Gasteiger partial charge in [0.15, 0.2) is 0 Å². The van der Waals surface area contributed by atoms with Crippen molar-refractivity contribution in [1.29, 1.82) is 0 Å². The molecule has 3 rings (SSSR count). The van der Waals surface area contributed by atoms with Gasteiger partial charge < -0.3 is 9.84 Å². The molecule has 1 atom stereocenters. The van der Waals surface area contributed by atoms with E-state index in [4.69, 9.17) is 4.74 Å². The van der Waals surface area contributed by atoms with Gasteiger partial charge in [0.05, 0.1) is 0 Å². The van der Waals surface area contributed by atoms with Gasteiger partial charge >= 0.3 is 5.97 Å². The van der Waals surface area contributed by atoms with Gasteiger partial charge in [-0.1, -0.05) is 80.6 Å². The summed E-state index contributed by atoms with van der Waals surface area (Å²) in [5.74, 6) is -0.00699. The van der Waals surface area contributed by atoms with E-state index < -0.39 is 11.6 Å². The van der Waals surface area contributed by atoms with E-state index in [2.05, 4.69) is 13.8 Å². The number of aliphatic carboxylic acids is 1. The van der Waals surface area contributed by atoms with E-state index in [1.807, 2.05) is 78.9 Å². The van der Waals surface area contributed by atoms with Crippen LogP contribution in [0.1, 0.15) is 37.8 Å². The van der Waals surface area contributed by atoms with Gasteiger partial charge in [-0.3, -0.25) is 0 Å². The topological polar surface area (TPSA) is 46.5 Å². The molecular weight excluding hydrogens is 348 g/mol. The van der Waals surface area contributed by atoms with E-state index >= 15 is 0 Å². The molecule has 0 saturated heterocycles. The van der Waals surface area contributed by atoms with Crippen LogP contribution in [0.3, 0.4) is 0 Å². The first-order valence-electron chi connectivity index (χ1n) is 9.55. The minimum absolute atomic E-state index is 0.263. The van der Waals surface area contributed by atoms with Gasteiger partial charge in [0, 0.05) is 6.42 Å². The molecule has 0 saturated carbocycles. The normalized spacial score (nSPS) is 13.1. The van der Waals surface area contributed by atoms with Crippen LogP contribution in [0.5, 0.6) is 5.75 Å². The molecule has 144 valence electrons. The van der Waals surface area contributed by atoms with Crippen LogP contribution in [0.25, 0.3) is 11.1 Å². The highest BCUT2D eigenvalue weighted by Crippen LogP contribution is 2.30. The van der Waals surface area contributed by atoms with Crippen LogP contribution in [0.15, 0.2) is 78.9 Å². The fourth-order valence-corrected chi connectivity index (χ4v) is 3.27. The molecule has 0 spiro atoms. The maximum Gasteiger partial charge on any atom is 0.348 e. The van der Waals surface area contributed by atoms with Gasteiger partial charge in [0.1, 0.15) is 5.75 Å². The third kappa shape index (κ3) is 4.42. The van der Waals surface area contributed by atoms with Crippen LogP contribution >= 0.6 is 0 Å². The van der Waals surface area contributed by atoms with E-state index in [9.17, 15) is 9.90 Å². The molecule has 0 amide bonds. The van der Waals surface area contributed by atoms with Crippen molar-refractivity contribution in [2.75, 3.05) is 0 Å². The van der Waals surface area contributed by atoms with Crippen LogP contribution in [0.2, 0.25) is 0 Å². The molecule has 3 heteroatoms. The van der Waals surface area contributed by atoms with E-state index in [0.29, 0.717) is 11.7 Å². The standard InChI is InChI=1S/C25H26O3/c1-18(2)19-13-15-22(16-14-19)28-25(3,24(26)27)17-21-11-7-8-12-23(21)20-9-5-4-6-10-20/h4-16,18H,17H2,1-3H3,(H,26,27). The summed E-state index contributed by atoms with van der Waals surface area (Å²) < 4.78 is 5.99. The molecule has 0 aromatic heterocycles. The van der Waals surface area contributed by atoms with Gasteiger partial charge in [-0.05, 0) is 47.2 Å². The van der Waals surface area contributed by atoms with Crippen molar-refractivity contribution in [3.63, 3.8) is 0 Å². The lowest BCUT2D eigenvalue weighted by molar-refractivity contribution is -0.153. The molecule has 0 bridgehead atoms. The smallest absolute Gasteiger partial charge is 0.348 e. The van der Waals surface area contributed by atoms with Gasteiger partial charge in [0.25, 0.3) is 0 Å². The summed E-state index contributed by atoms with van der Waals surface area (Å²) in [5.41, 5.74) is 2.85. The van der Waals surface area contributed by atoms with E-state index in [-0.39, 0.29) is 6.42 Å². The summed E-state index contributed by atoms with van der Waals surface area (Å²) in [5, 5.41) is 9.93.